The lowest BCUT2D eigenvalue weighted by Crippen LogP contribution is -2.46. The molecule has 0 radical (unpaired) electrons. The van der Waals surface area contributed by atoms with Crippen LogP contribution in [0.25, 0.3) is 0 Å². The zero-order valence-electron chi connectivity index (χ0n) is 14.2. The molecule has 2 atom stereocenters. The Morgan fingerprint density at radius 2 is 2.24 bits per heavy atom. The van der Waals surface area contributed by atoms with E-state index in [1.54, 1.807) is 25.4 Å². The van der Waals surface area contributed by atoms with Gasteiger partial charge in [0.15, 0.2) is 0 Å². The quantitative estimate of drug-likeness (QED) is 0.875. The summed E-state index contributed by atoms with van der Waals surface area (Å²) >= 11 is 0. The predicted molar refractivity (Wildman–Crippen MR) is 91.7 cm³/mol. The van der Waals surface area contributed by atoms with Crippen LogP contribution in [0.4, 0.5) is 9.18 Å². The molecular formula is C18H23FN4O2. The van der Waals surface area contributed by atoms with Gasteiger partial charge in [0, 0.05) is 44.6 Å². The lowest BCUT2D eigenvalue weighted by molar-refractivity contribution is 0.100. The molecule has 1 aliphatic rings. The van der Waals surface area contributed by atoms with Gasteiger partial charge < -0.3 is 15.0 Å². The van der Waals surface area contributed by atoms with E-state index in [0.717, 1.165) is 30.6 Å². The molecule has 0 bridgehead atoms. The third-order valence-electron chi connectivity index (χ3n) is 4.64. The summed E-state index contributed by atoms with van der Waals surface area (Å²) in [7, 11) is 1.58. The first-order chi connectivity index (χ1) is 12.2. The first-order valence-corrected chi connectivity index (χ1v) is 8.47. The Bertz CT molecular complexity index is 675. The molecule has 0 aliphatic carbocycles. The van der Waals surface area contributed by atoms with Gasteiger partial charge in [-0.15, -0.1) is 0 Å². The van der Waals surface area contributed by atoms with Crippen molar-refractivity contribution in [2.45, 2.75) is 24.9 Å². The zero-order chi connectivity index (χ0) is 17.6. The van der Waals surface area contributed by atoms with Crippen LogP contribution in [-0.4, -0.2) is 47.9 Å². The number of nitrogens with one attached hydrogen (secondary N) is 2. The highest BCUT2D eigenvalue weighted by atomic mass is 19.1. The molecular weight excluding hydrogens is 323 g/mol. The van der Waals surface area contributed by atoms with Crippen LogP contribution >= 0.6 is 0 Å². The molecule has 134 valence electrons. The number of ether oxygens (including phenoxy) is 1. The number of likely N-dealkylation sites (tertiary alicyclic amines) is 1. The number of H-pyrrole nitrogens is 1. The summed E-state index contributed by atoms with van der Waals surface area (Å²) in [4.78, 5) is 14.3. The maximum Gasteiger partial charge on any atom is 0.317 e. The topological polar surface area (TPSA) is 70.2 Å². The summed E-state index contributed by atoms with van der Waals surface area (Å²) in [5, 5.41) is 9.91. The van der Waals surface area contributed by atoms with Crippen molar-refractivity contribution in [3.63, 3.8) is 0 Å². The Morgan fingerprint density at radius 1 is 1.44 bits per heavy atom. The molecule has 1 aromatic heterocycles. The largest absolute Gasteiger partial charge is 0.375 e. The Labute approximate surface area is 146 Å². The third-order valence-corrected chi connectivity index (χ3v) is 4.64. The molecule has 7 heteroatoms. The minimum Gasteiger partial charge on any atom is -0.375 e. The molecule has 2 heterocycles. The lowest BCUT2D eigenvalue weighted by Gasteiger charge is -2.32. The number of amides is 2. The van der Waals surface area contributed by atoms with Crippen LogP contribution in [0.5, 0.6) is 0 Å². The van der Waals surface area contributed by atoms with Crippen LogP contribution in [0.3, 0.4) is 0 Å². The molecule has 0 spiro atoms. The van der Waals surface area contributed by atoms with E-state index in [9.17, 15) is 9.18 Å². The first-order valence-electron chi connectivity index (χ1n) is 8.47. The van der Waals surface area contributed by atoms with Gasteiger partial charge in [-0.1, -0.05) is 12.1 Å². The lowest BCUT2D eigenvalue weighted by atomic mass is 9.95. The van der Waals surface area contributed by atoms with Gasteiger partial charge in [-0.2, -0.15) is 5.10 Å². The normalized spacial score (nSPS) is 18.8. The van der Waals surface area contributed by atoms with Crippen molar-refractivity contribution in [1.29, 1.82) is 0 Å². The van der Waals surface area contributed by atoms with Crippen LogP contribution in [0.2, 0.25) is 0 Å². The van der Waals surface area contributed by atoms with E-state index in [1.165, 1.54) is 12.1 Å². The summed E-state index contributed by atoms with van der Waals surface area (Å²) < 4.78 is 18.5. The highest BCUT2D eigenvalue weighted by molar-refractivity contribution is 5.74. The van der Waals surface area contributed by atoms with E-state index < -0.39 is 0 Å². The SMILES string of the molecule is CO[C@@H](CNC(=O)N1CCC[C@@H](c2ccn[nH]2)C1)c1ccc(F)cc1. The van der Waals surface area contributed by atoms with E-state index in [-0.39, 0.29) is 23.9 Å². The molecule has 2 aromatic rings. The van der Waals surface area contributed by atoms with Crippen LogP contribution in [0.1, 0.15) is 36.1 Å². The highest BCUT2D eigenvalue weighted by Gasteiger charge is 2.26. The van der Waals surface area contributed by atoms with Crippen LogP contribution in [0.15, 0.2) is 36.5 Å². The number of nitrogens with zero attached hydrogens (tertiary/aromatic N) is 2. The smallest absolute Gasteiger partial charge is 0.317 e. The van der Waals surface area contributed by atoms with Crippen LogP contribution in [-0.2, 0) is 4.74 Å². The number of rotatable bonds is 5. The van der Waals surface area contributed by atoms with E-state index in [0.29, 0.717) is 13.1 Å². The fourth-order valence-electron chi connectivity index (χ4n) is 3.22. The number of benzene rings is 1. The molecule has 1 saturated heterocycles. The molecule has 2 N–H and O–H groups in total. The van der Waals surface area contributed by atoms with Gasteiger partial charge in [-0.3, -0.25) is 5.10 Å². The summed E-state index contributed by atoms with van der Waals surface area (Å²) in [5.41, 5.74) is 1.90. The number of halogens is 1. The van der Waals surface area contributed by atoms with Crippen molar-refractivity contribution in [3.05, 3.63) is 53.6 Å². The van der Waals surface area contributed by atoms with E-state index in [2.05, 4.69) is 15.5 Å². The van der Waals surface area contributed by atoms with Gasteiger partial charge >= 0.3 is 6.03 Å². The second-order valence-corrected chi connectivity index (χ2v) is 6.26. The summed E-state index contributed by atoms with van der Waals surface area (Å²) in [6.45, 7) is 1.75. The Balaban J connectivity index is 1.55. The maximum atomic E-state index is 13.0. The standard InChI is InChI=1S/C18H23FN4O2/c1-25-17(13-4-6-15(19)7-5-13)11-20-18(24)23-10-2-3-14(12-23)16-8-9-21-22-16/h4-9,14,17H,2-3,10-12H2,1H3,(H,20,24)(H,21,22)/t14-,17+/m1/s1. The van der Waals surface area contributed by atoms with Gasteiger partial charge in [-0.05, 0) is 36.6 Å². The number of hydrogen-bond donors (Lipinski definition) is 2. The van der Waals surface area contributed by atoms with E-state index in [1.807, 2.05) is 11.0 Å². The van der Waals surface area contributed by atoms with Crippen molar-refractivity contribution in [3.8, 4) is 0 Å². The van der Waals surface area contributed by atoms with Crippen LogP contribution in [0, 0.1) is 5.82 Å². The summed E-state index contributed by atoms with van der Waals surface area (Å²) in [5.74, 6) is -0.00174. The molecule has 2 amide bonds. The van der Waals surface area contributed by atoms with Gasteiger partial charge in [-0.25, -0.2) is 9.18 Å². The van der Waals surface area contributed by atoms with E-state index >= 15 is 0 Å². The minimum absolute atomic E-state index is 0.103. The number of carbonyl (C=O) groups excluding carboxylic acids is 1. The number of urea groups is 1. The second kappa shape index (κ2) is 8.11. The van der Waals surface area contributed by atoms with Gasteiger partial charge in [0.05, 0.1) is 6.10 Å². The van der Waals surface area contributed by atoms with Gasteiger partial charge in [0.1, 0.15) is 5.82 Å². The Hall–Kier alpha value is -2.41. The summed E-state index contributed by atoms with van der Waals surface area (Å²) in [6, 6.07) is 7.98. The zero-order valence-corrected chi connectivity index (χ0v) is 14.2. The maximum absolute atomic E-state index is 13.0. The number of hydrogen-bond acceptors (Lipinski definition) is 3. The number of piperidine rings is 1. The average Bonchev–Trinajstić information content (AvgIpc) is 3.18. The van der Waals surface area contributed by atoms with Crippen molar-refractivity contribution in [2.75, 3.05) is 26.7 Å². The first kappa shape index (κ1) is 17.4. The van der Waals surface area contributed by atoms with Gasteiger partial charge in [0.25, 0.3) is 0 Å². The highest BCUT2D eigenvalue weighted by Crippen LogP contribution is 2.25. The monoisotopic (exact) mass is 346 g/mol. The Morgan fingerprint density at radius 3 is 2.92 bits per heavy atom. The average molecular weight is 346 g/mol. The minimum atomic E-state index is -0.308. The van der Waals surface area contributed by atoms with Gasteiger partial charge in [0.2, 0.25) is 0 Å². The molecule has 6 nitrogen and oxygen atoms in total. The van der Waals surface area contributed by atoms with Crippen LogP contribution < -0.4 is 5.32 Å². The molecule has 3 rings (SSSR count). The molecule has 25 heavy (non-hydrogen) atoms. The molecule has 1 fully saturated rings. The van der Waals surface area contributed by atoms with Crippen molar-refractivity contribution >= 4 is 6.03 Å². The van der Waals surface area contributed by atoms with Crippen molar-refractivity contribution in [2.24, 2.45) is 0 Å². The third kappa shape index (κ3) is 4.36. The number of methoxy groups -OCH3 is 1. The number of carbonyl (C=O) groups is 1. The second-order valence-electron chi connectivity index (χ2n) is 6.26. The number of aromatic nitrogens is 2. The van der Waals surface area contributed by atoms with E-state index in [4.69, 9.17) is 4.74 Å². The molecule has 0 unspecified atom stereocenters. The molecule has 1 aromatic carbocycles. The molecule has 1 aliphatic heterocycles. The Kier molecular flexibility index (Phi) is 5.65. The number of aromatic amines is 1. The van der Waals surface area contributed by atoms with Crippen molar-refractivity contribution < 1.29 is 13.9 Å². The van der Waals surface area contributed by atoms with Crippen molar-refractivity contribution in [1.82, 2.24) is 20.4 Å². The fraction of sp³-hybridized carbons (Fsp3) is 0.444. The predicted octanol–water partition coefficient (Wildman–Crippen LogP) is 2.83. The summed E-state index contributed by atoms with van der Waals surface area (Å²) in [6.07, 6.45) is 3.43. The fourth-order valence-corrected chi connectivity index (χ4v) is 3.22. The molecule has 0 saturated carbocycles.